The van der Waals surface area contributed by atoms with Crippen LogP contribution in [0, 0.1) is 0 Å². The average Bonchev–Trinajstić information content (AvgIpc) is 2.70. The van der Waals surface area contributed by atoms with E-state index >= 15 is 0 Å². The van der Waals surface area contributed by atoms with Crippen molar-refractivity contribution in [2.24, 2.45) is 0 Å². The molecule has 110 valence electrons. The SMILES string of the molecule is C=CCc1c[nH]c(=O)nc1N[C@@H]1O[C@H](CO)[C@H](O)[C@H]1O. The van der Waals surface area contributed by atoms with Crippen molar-refractivity contribution in [2.45, 2.75) is 31.0 Å². The summed E-state index contributed by atoms with van der Waals surface area (Å²) in [4.78, 5) is 17.5. The van der Waals surface area contributed by atoms with E-state index in [1.165, 1.54) is 6.20 Å². The summed E-state index contributed by atoms with van der Waals surface area (Å²) < 4.78 is 5.27. The van der Waals surface area contributed by atoms with Gasteiger partial charge in [-0.15, -0.1) is 6.58 Å². The van der Waals surface area contributed by atoms with Gasteiger partial charge in [0.2, 0.25) is 0 Å². The molecule has 2 heterocycles. The molecule has 0 aliphatic carbocycles. The average molecular weight is 283 g/mol. The number of anilines is 1. The maximum Gasteiger partial charge on any atom is 0.346 e. The molecule has 1 saturated heterocycles. The third-order valence-electron chi connectivity index (χ3n) is 3.07. The van der Waals surface area contributed by atoms with Gasteiger partial charge in [0.1, 0.15) is 24.1 Å². The van der Waals surface area contributed by atoms with Crippen LogP contribution in [0.4, 0.5) is 5.82 Å². The van der Waals surface area contributed by atoms with Crippen molar-refractivity contribution in [1.82, 2.24) is 9.97 Å². The fourth-order valence-corrected chi connectivity index (χ4v) is 2.01. The van der Waals surface area contributed by atoms with Gasteiger partial charge in [0.05, 0.1) is 6.61 Å². The summed E-state index contributed by atoms with van der Waals surface area (Å²) in [7, 11) is 0. The smallest absolute Gasteiger partial charge is 0.346 e. The normalized spacial score (nSPS) is 29.4. The monoisotopic (exact) mass is 283 g/mol. The van der Waals surface area contributed by atoms with Crippen LogP contribution in [0.2, 0.25) is 0 Å². The Labute approximate surface area is 114 Å². The number of aliphatic hydroxyl groups excluding tert-OH is 3. The zero-order chi connectivity index (χ0) is 14.7. The highest BCUT2D eigenvalue weighted by Crippen LogP contribution is 2.23. The fraction of sp³-hybridized carbons (Fsp3) is 0.500. The van der Waals surface area contributed by atoms with E-state index in [0.717, 1.165) is 0 Å². The van der Waals surface area contributed by atoms with Gasteiger partial charge in [-0.25, -0.2) is 4.79 Å². The first-order valence-corrected chi connectivity index (χ1v) is 6.15. The van der Waals surface area contributed by atoms with E-state index in [1.807, 2.05) is 0 Å². The highest BCUT2D eigenvalue weighted by molar-refractivity contribution is 5.44. The van der Waals surface area contributed by atoms with Gasteiger partial charge in [-0.2, -0.15) is 4.98 Å². The number of hydrogen-bond donors (Lipinski definition) is 5. The van der Waals surface area contributed by atoms with Crippen LogP contribution in [-0.2, 0) is 11.2 Å². The number of aromatic nitrogens is 2. The third-order valence-corrected chi connectivity index (χ3v) is 3.07. The molecule has 0 saturated carbocycles. The number of ether oxygens (including phenoxy) is 1. The van der Waals surface area contributed by atoms with Crippen molar-refractivity contribution in [1.29, 1.82) is 0 Å². The summed E-state index contributed by atoms with van der Waals surface area (Å²) in [5, 5.41) is 31.3. The Hall–Kier alpha value is -1.74. The predicted molar refractivity (Wildman–Crippen MR) is 70.1 cm³/mol. The molecule has 1 aliphatic heterocycles. The second kappa shape index (κ2) is 6.14. The molecule has 1 fully saturated rings. The van der Waals surface area contributed by atoms with E-state index in [1.54, 1.807) is 6.08 Å². The Bertz CT molecular complexity index is 532. The molecular weight excluding hydrogens is 266 g/mol. The van der Waals surface area contributed by atoms with Crippen molar-refractivity contribution < 1.29 is 20.1 Å². The summed E-state index contributed by atoms with van der Waals surface area (Å²) >= 11 is 0. The quantitative estimate of drug-likeness (QED) is 0.410. The van der Waals surface area contributed by atoms with Crippen molar-refractivity contribution in [3.8, 4) is 0 Å². The van der Waals surface area contributed by atoms with Crippen LogP contribution in [0.5, 0.6) is 0 Å². The minimum Gasteiger partial charge on any atom is -0.394 e. The van der Waals surface area contributed by atoms with Crippen LogP contribution in [0.25, 0.3) is 0 Å². The number of rotatable bonds is 5. The Morgan fingerprint density at radius 3 is 2.85 bits per heavy atom. The zero-order valence-corrected chi connectivity index (χ0v) is 10.7. The van der Waals surface area contributed by atoms with Gasteiger partial charge in [0.15, 0.2) is 6.23 Å². The molecule has 8 nitrogen and oxygen atoms in total. The van der Waals surface area contributed by atoms with E-state index in [-0.39, 0.29) is 5.82 Å². The Balaban J connectivity index is 2.19. The molecule has 0 bridgehead atoms. The highest BCUT2D eigenvalue weighted by Gasteiger charge is 2.42. The molecule has 2 rings (SSSR count). The molecule has 0 radical (unpaired) electrons. The molecule has 1 aromatic heterocycles. The Morgan fingerprint density at radius 2 is 2.25 bits per heavy atom. The summed E-state index contributed by atoms with van der Waals surface area (Å²) in [6, 6.07) is 0. The van der Waals surface area contributed by atoms with Gasteiger partial charge in [-0.05, 0) is 6.42 Å². The lowest BCUT2D eigenvalue weighted by molar-refractivity contribution is -0.0154. The van der Waals surface area contributed by atoms with Crippen molar-refractivity contribution in [3.63, 3.8) is 0 Å². The van der Waals surface area contributed by atoms with Crippen LogP contribution >= 0.6 is 0 Å². The molecule has 5 N–H and O–H groups in total. The van der Waals surface area contributed by atoms with Crippen LogP contribution in [0.15, 0.2) is 23.6 Å². The van der Waals surface area contributed by atoms with Gasteiger partial charge in [0, 0.05) is 11.8 Å². The van der Waals surface area contributed by atoms with E-state index < -0.39 is 36.8 Å². The minimum atomic E-state index is -1.23. The van der Waals surface area contributed by atoms with E-state index in [4.69, 9.17) is 9.84 Å². The lowest BCUT2D eigenvalue weighted by Gasteiger charge is -2.18. The Kier molecular flexibility index (Phi) is 4.50. The second-order valence-corrected chi connectivity index (χ2v) is 4.48. The van der Waals surface area contributed by atoms with Gasteiger partial charge < -0.3 is 30.4 Å². The van der Waals surface area contributed by atoms with Crippen LogP contribution in [0.1, 0.15) is 5.56 Å². The van der Waals surface area contributed by atoms with Gasteiger partial charge in [-0.1, -0.05) is 6.08 Å². The summed E-state index contributed by atoms with van der Waals surface area (Å²) in [6.07, 6.45) is -0.696. The summed E-state index contributed by atoms with van der Waals surface area (Å²) in [5.41, 5.74) is 0.115. The van der Waals surface area contributed by atoms with Crippen LogP contribution < -0.4 is 11.0 Å². The topological polar surface area (TPSA) is 128 Å². The molecule has 0 amide bonds. The van der Waals surface area contributed by atoms with E-state index in [0.29, 0.717) is 12.0 Å². The molecule has 8 heteroatoms. The predicted octanol–water partition coefficient (Wildman–Crippen LogP) is -1.65. The zero-order valence-electron chi connectivity index (χ0n) is 10.7. The van der Waals surface area contributed by atoms with Gasteiger partial charge in [-0.3, -0.25) is 0 Å². The lowest BCUT2D eigenvalue weighted by Crippen LogP contribution is -2.37. The van der Waals surface area contributed by atoms with Crippen molar-refractivity contribution >= 4 is 5.82 Å². The van der Waals surface area contributed by atoms with Gasteiger partial charge >= 0.3 is 5.69 Å². The number of aromatic amines is 1. The fourth-order valence-electron chi connectivity index (χ4n) is 2.01. The second-order valence-electron chi connectivity index (χ2n) is 4.48. The largest absolute Gasteiger partial charge is 0.394 e. The number of nitrogens with zero attached hydrogens (tertiary/aromatic N) is 1. The van der Waals surface area contributed by atoms with E-state index in [2.05, 4.69) is 21.9 Å². The lowest BCUT2D eigenvalue weighted by atomic mass is 10.1. The molecular formula is C12H17N3O5. The minimum absolute atomic E-state index is 0.239. The molecule has 1 aliphatic rings. The molecule has 4 atom stereocenters. The standard InChI is InChI=1S/C12H17N3O5/c1-2-3-6-4-13-12(19)15-10(6)14-11-9(18)8(17)7(5-16)20-11/h2,4,7-9,11,16-18H,1,3,5H2,(H2,13,14,15,19)/t7-,8+,9-,11-/m1/s1. The van der Waals surface area contributed by atoms with Gasteiger partial charge in [0.25, 0.3) is 0 Å². The highest BCUT2D eigenvalue weighted by atomic mass is 16.6. The molecule has 1 aromatic rings. The summed E-state index contributed by atoms with van der Waals surface area (Å²) in [6.45, 7) is 3.18. The maximum absolute atomic E-state index is 11.3. The molecule has 0 aromatic carbocycles. The molecule has 0 spiro atoms. The number of hydrogen-bond acceptors (Lipinski definition) is 7. The summed E-state index contributed by atoms with van der Waals surface area (Å²) in [5.74, 6) is 0.239. The number of aliphatic hydroxyl groups is 3. The van der Waals surface area contributed by atoms with Crippen LogP contribution in [0.3, 0.4) is 0 Å². The Morgan fingerprint density at radius 1 is 1.50 bits per heavy atom. The number of H-pyrrole nitrogens is 1. The molecule has 20 heavy (non-hydrogen) atoms. The van der Waals surface area contributed by atoms with Crippen molar-refractivity contribution in [2.75, 3.05) is 11.9 Å². The first-order valence-electron chi connectivity index (χ1n) is 6.15. The third kappa shape index (κ3) is 2.88. The number of nitrogens with one attached hydrogen (secondary N) is 2. The molecule has 0 unspecified atom stereocenters. The first kappa shape index (κ1) is 14.7. The van der Waals surface area contributed by atoms with Crippen molar-refractivity contribution in [3.05, 3.63) is 34.9 Å². The first-order chi connectivity index (χ1) is 9.56. The van der Waals surface area contributed by atoms with E-state index in [9.17, 15) is 15.0 Å². The maximum atomic E-state index is 11.3. The number of allylic oxidation sites excluding steroid dienone is 1. The van der Waals surface area contributed by atoms with Crippen LogP contribution in [-0.4, -0.2) is 56.4 Å².